The van der Waals surface area contributed by atoms with Crippen LogP contribution in [0.15, 0.2) is 17.1 Å². The highest BCUT2D eigenvalue weighted by Gasteiger charge is 2.25. The third-order valence-corrected chi connectivity index (χ3v) is 3.26. The van der Waals surface area contributed by atoms with Gasteiger partial charge in [-0.25, -0.2) is 0 Å². The highest BCUT2D eigenvalue weighted by molar-refractivity contribution is 5.97. The van der Waals surface area contributed by atoms with Gasteiger partial charge in [-0.3, -0.25) is 9.59 Å². The van der Waals surface area contributed by atoms with Gasteiger partial charge in [-0.2, -0.15) is 0 Å². The van der Waals surface area contributed by atoms with Crippen LogP contribution in [0.4, 0.5) is 5.69 Å². The minimum absolute atomic E-state index is 0.0821. The lowest BCUT2D eigenvalue weighted by Gasteiger charge is -2.19. The van der Waals surface area contributed by atoms with Gasteiger partial charge in [0.05, 0.1) is 11.7 Å². The summed E-state index contributed by atoms with van der Waals surface area (Å²) >= 11 is 0. The van der Waals surface area contributed by atoms with Crippen molar-refractivity contribution in [2.45, 2.75) is 32.4 Å². The normalized spacial score (nSPS) is 20.1. The van der Waals surface area contributed by atoms with E-state index < -0.39 is 6.04 Å². The van der Waals surface area contributed by atoms with E-state index in [1.54, 1.807) is 11.6 Å². The average molecular weight is 235 g/mol. The number of anilines is 1. The molecule has 5 nitrogen and oxygen atoms in total. The Morgan fingerprint density at radius 3 is 2.82 bits per heavy atom. The fourth-order valence-electron chi connectivity index (χ4n) is 2.16. The Kier molecular flexibility index (Phi) is 3.02. The summed E-state index contributed by atoms with van der Waals surface area (Å²) in [6.07, 6.45) is 3.18. The number of nitrogens with two attached hydrogens (primary N) is 1. The Hall–Kier alpha value is -1.62. The van der Waals surface area contributed by atoms with Crippen molar-refractivity contribution in [3.63, 3.8) is 0 Å². The molecule has 2 heterocycles. The molecule has 1 unspecified atom stereocenters. The second-order valence-electron chi connectivity index (χ2n) is 4.35. The molecule has 2 rings (SSSR count). The van der Waals surface area contributed by atoms with E-state index in [0.29, 0.717) is 18.7 Å². The molecule has 2 N–H and O–H groups in total. The molecule has 1 aromatic heterocycles. The lowest BCUT2D eigenvalue weighted by molar-refractivity contribution is -0.119. The number of likely N-dealkylation sites (N-methyl/N-ethyl adjacent to an activating group) is 1. The van der Waals surface area contributed by atoms with Crippen LogP contribution in [-0.2, 0) is 17.8 Å². The number of fused-ring (bicyclic) bond motifs is 1. The van der Waals surface area contributed by atoms with Crippen LogP contribution in [-0.4, -0.2) is 23.6 Å². The summed E-state index contributed by atoms with van der Waals surface area (Å²) in [5, 5.41) is 0. The van der Waals surface area contributed by atoms with Crippen LogP contribution < -0.4 is 16.2 Å². The SMILES string of the molecule is CCn1cc2c(cc1=O)N(C)C(=O)C(N)CC2. The molecule has 0 saturated heterocycles. The quantitative estimate of drug-likeness (QED) is 0.751. The third-order valence-electron chi connectivity index (χ3n) is 3.26. The number of nitrogens with zero attached hydrogens (tertiary/aromatic N) is 2. The highest BCUT2D eigenvalue weighted by atomic mass is 16.2. The van der Waals surface area contributed by atoms with Gasteiger partial charge in [-0.15, -0.1) is 0 Å². The van der Waals surface area contributed by atoms with E-state index in [0.717, 1.165) is 12.0 Å². The van der Waals surface area contributed by atoms with E-state index in [9.17, 15) is 9.59 Å². The van der Waals surface area contributed by atoms with Gasteiger partial charge in [0.2, 0.25) is 5.91 Å². The number of hydrogen-bond donors (Lipinski definition) is 1. The van der Waals surface area contributed by atoms with Crippen molar-refractivity contribution in [1.82, 2.24) is 4.57 Å². The Morgan fingerprint density at radius 1 is 1.47 bits per heavy atom. The van der Waals surface area contributed by atoms with Crippen molar-refractivity contribution in [1.29, 1.82) is 0 Å². The Morgan fingerprint density at radius 2 is 2.18 bits per heavy atom. The minimum atomic E-state index is -0.474. The Balaban J connectivity index is 2.55. The first-order chi connectivity index (χ1) is 8.04. The maximum Gasteiger partial charge on any atom is 0.252 e. The summed E-state index contributed by atoms with van der Waals surface area (Å²) in [6, 6.07) is 1.05. The van der Waals surface area contributed by atoms with E-state index in [1.807, 2.05) is 13.1 Å². The molecule has 92 valence electrons. The Bertz CT molecular complexity index is 507. The van der Waals surface area contributed by atoms with Gasteiger partial charge in [-0.05, 0) is 25.3 Å². The van der Waals surface area contributed by atoms with Crippen LogP contribution in [0.2, 0.25) is 0 Å². The maximum absolute atomic E-state index is 11.9. The van der Waals surface area contributed by atoms with Crippen molar-refractivity contribution < 1.29 is 4.79 Å². The van der Waals surface area contributed by atoms with Gasteiger partial charge in [0.1, 0.15) is 0 Å². The summed E-state index contributed by atoms with van der Waals surface area (Å²) in [6.45, 7) is 2.56. The van der Waals surface area contributed by atoms with Crippen molar-refractivity contribution >= 4 is 11.6 Å². The van der Waals surface area contributed by atoms with Crippen LogP contribution in [0.1, 0.15) is 18.9 Å². The summed E-state index contributed by atoms with van der Waals surface area (Å²) in [5.74, 6) is -0.127. The molecule has 0 bridgehead atoms. The number of rotatable bonds is 1. The highest BCUT2D eigenvalue weighted by Crippen LogP contribution is 2.23. The van der Waals surface area contributed by atoms with Crippen LogP contribution in [0.25, 0.3) is 0 Å². The molecule has 1 amide bonds. The predicted octanol–water partition coefficient (Wildman–Crippen LogP) is 0.104. The second kappa shape index (κ2) is 4.33. The molecule has 0 radical (unpaired) electrons. The standard InChI is InChI=1S/C12H17N3O2/c1-3-15-7-8-4-5-9(13)12(17)14(2)10(8)6-11(15)16/h6-7,9H,3-5,13H2,1-2H3. The minimum Gasteiger partial charge on any atom is -0.320 e. The molecule has 0 aromatic carbocycles. The fraction of sp³-hybridized carbons (Fsp3) is 0.500. The number of aryl methyl sites for hydroxylation is 2. The average Bonchev–Trinajstić information content (AvgIpc) is 2.42. The van der Waals surface area contributed by atoms with Crippen molar-refractivity contribution in [3.8, 4) is 0 Å². The van der Waals surface area contributed by atoms with Crippen molar-refractivity contribution in [2.24, 2.45) is 5.73 Å². The lowest BCUT2D eigenvalue weighted by Crippen LogP contribution is -2.41. The fourth-order valence-corrected chi connectivity index (χ4v) is 2.16. The number of pyridine rings is 1. The largest absolute Gasteiger partial charge is 0.320 e. The van der Waals surface area contributed by atoms with Crippen LogP contribution in [0.3, 0.4) is 0 Å². The van der Waals surface area contributed by atoms with E-state index in [1.165, 1.54) is 11.0 Å². The first-order valence-corrected chi connectivity index (χ1v) is 5.81. The third kappa shape index (κ3) is 1.98. The number of carbonyl (C=O) groups excluding carboxylic acids is 1. The number of carbonyl (C=O) groups is 1. The molecule has 0 aliphatic carbocycles. The van der Waals surface area contributed by atoms with Crippen LogP contribution in [0, 0.1) is 0 Å². The van der Waals surface area contributed by atoms with Crippen molar-refractivity contribution in [3.05, 3.63) is 28.2 Å². The van der Waals surface area contributed by atoms with Crippen molar-refractivity contribution in [2.75, 3.05) is 11.9 Å². The summed E-state index contributed by atoms with van der Waals surface area (Å²) in [5.41, 5.74) is 7.40. The smallest absolute Gasteiger partial charge is 0.252 e. The van der Waals surface area contributed by atoms with Crippen LogP contribution in [0.5, 0.6) is 0 Å². The first kappa shape index (κ1) is 11.9. The van der Waals surface area contributed by atoms with Crippen LogP contribution >= 0.6 is 0 Å². The summed E-state index contributed by atoms with van der Waals surface area (Å²) in [7, 11) is 1.67. The molecule has 1 aromatic rings. The lowest BCUT2D eigenvalue weighted by atomic mass is 10.1. The van der Waals surface area contributed by atoms with E-state index in [-0.39, 0.29) is 11.5 Å². The molecule has 1 aliphatic heterocycles. The first-order valence-electron chi connectivity index (χ1n) is 5.81. The number of aromatic nitrogens is 1. The maximum atomic E-state index is 11.9. The predicted molar refractivity (Wildman–Crippen MR) is 66.1 cm³/mol. The Labute approximate surface area is 99.8 Å². The zero-order valence-corrected chi connectivity index (χ0v) is 10.1. The second-order valence-corrected chi connectivity index (χ2v) is 4.35. The molecular weight excluding hydrogens is 218 g/mol. The molecule has 1 atom stereocenters. The topological polar surface area (TPSA) is 68.3 Å². The van der Waals surface area contributed by atoms with E-state index in [2.05, 4.69) is 0 Å². The molecule has 0 fully saturated rings. The monoisotopic (exact) mass is 235 g/mol. The molecular formula is C12H17N3O2. The van der Waals surface area contributed by atoms with Gasteiger partial charge in [0.25, 0.3) is 5.56 Å². The molecule has 0 saturated carbocycles. The van der Waals surface area contributed by atoms with Gasteiger partial charge >= 0.3 is 0 Å². The van der Waals surface area contributed by atoms with Gasteiger partial charge in [-0.1, -0.05) is 0 Å². The van der Waals surface area contributed by atoms with Gasteiger partial charge in [0, 0.05) is 25.9 Å². The van der Waals surface area contributed by atoms with E-state index in [4.69, 9.17) is 5.73 Å². The molecule has 5 heteroatoms. The zero-order chi connectivity index (χ0) is 12.6. The molecule has 1 aliphatic rings. The molecule has 0 spiro atoms. The number of amides is 1. The number of hydrogen-bond acceptors (Lipinski definition) is 3. The van der Waals surface area contributed by atoms with Gasteiger partial charge in [0.15, 0.2) is 0 Å². The molecule has 17 heavy (non-hydrogen) atoms. The zero-order valence-electron chi connectivity index (χ0n) is 10.1. The van der Waals surface area contributed by atoms with Gasteiger partial charge < -0.3 is 15.2 Å². The van der Waals surface area contributed by atoms with E-state index >= 15 is 0 Å². The summed E-state index contributed by atoms with van der Waals surface area (Å²) < 4.78 is 1.65. The summed E-state index contributed by atoms with van der Waals surface area (Å²) in [4.78, 5) is 25.1.